The molecule has 10 heteroatoms. The van der Waals surface area contributed by atoms with Gasteiger partial charge in [0.2, 0.25) is 5.91 Å². The Bertz CT molecular complexity index is 859. The molecular weight excluding hydrogens is 379 g/mol. The fraction of sp³-hybridized carbons (Fsp3) is 0.389. The van der Waals surface area contributed by atoms with E-state index in [1.54, 1.807) is 6.92 Å². The fourth-order valence-corrected chi connectivity index (χ4v) is 2.96. The summed E-state index contributed by atoms with van der Waals surface area (Å²) in [5.74, 6) is -4.41. The van der Waals surface area contributed by atoms with Crippen LogP contribution < -0.4 is 15.1 Å². The Morgan fingerprint density at radius 2 is 2.04 bits per heavy atom. The minimum atomic E-state index is -1.47. The van der Waals surface area contributed by atoms with Gasteiger partial charge in [0.1, 0.15) is 11.8 Å². The van der Waals surface area contributed by atoms with E-state index in [1.807, 2.05) is 0 Å². The van der Waals surface area contributed by atoms with Crippen molar-refractivity contribution in [3.05, 3.63) is 35.8 Å². The molecule has 7 nitrogen and oxygen atoms in total. The highest BCUT2D eigenvalue weighted by Gasteiger charge is 2.36. The summed E-state index contributed by atoms with van der Waals surface area (Å²) in [5, 5.41) is 2.53. The third-order valence-corrected chi connectivity index (χ3v) is 4.45. The number of rotatable bonds is 5. The van der Waals surface area contributed by atoms with Gasteiger partial charge >= 0.3 is 6.09 Å². The molecule has 0 aromatic heterocycles. The maximum atomic E-state index is 14.6. The van der Waals surface area contributed by atoms with Gasteiger partial charge in [-0.05, 0) is 6.08 Å². The van der Waals surface area contributed by atoms with Crippen LogP contribution in [0.2, 0.25) is 0 Å². The standard InChI is InChI=1S/C18H18F3N3O4/c1-2-14(26)22-8-11-9-24(18(27)28-11)13-7-12(19)17(16(21)15(13)20)23-5-3-10(25)4-6-23/h3,5,7,11H,2,4,6,8-9H2,1H3,(H,22,26)/t11-/m0/s1. The number of carbonyl (C=O) groups is 3. The topological polar surface area (TPSA) is 79.0 Å². The molecule has 1 aromatic carbocycles. The zero-order valence-corrected chi connectivity index (χ0v) is 15.0. The van der Waals surface area contributed by atoms with Gasteiger partial charge in [0.25, 0.3) is 0 Å². The predicted molar refractivity (Wildman–Crippen MR) is 93.3 cm³/mol. The Hall–Kier alpha value is -3.04. The summed E-state index contributed by atoms with van der Waals surface area (Å²) < 4.78 is 48.8. The van der Waals surface area contributed by atoms with Crippen LogP contribution in [-0.4, -0.2) is 43.5 Å². The van der Waals surface area contributed by atoms with E-state index < -0.39 is 41.0 Å². The molecule has 0 unspecified atom stereocenters. The van der Waals surface area contributed by atoms with E-state index in [2.05, 4.69) is 5.32 Å². The van der Waals surface area contributed by atoms with E-state index in [4.69, 9.17) is 4.74 Å². The average molecular weight is 397 g/mol. The van der Waals surface area contributed by atoms with Crippen LogP contribution in [0.15, 0.2) is 18.3 Å². The largest absolute Gasteiger partial charge is 0.442 e. The Morgan fingerprint density at radius 1 is 1.29 bits per heavy atom. The second kappa shape index (κ2) is 7.91. The summed E-state index contributed by atoms with van der Waals surface area (Å²) in [7, 11) is 0. The van der Waals surface area contributed by atoms with Crippen LogP contribution >= 0.6 is 0 Å². The van der Waals surface area contributed by atoms with Crippen LogP contribution in [-0.2, 0) is 14.3 Å². The van der Waals surface area contributed by atoms with E-state index in [9.17, 15) is 27.6 Å². The number of allylic oxidation sites excluding steroid dienone is 1. The summed E-state index contributed by atoms with van der Waals surface area (Å²) in [6, 6.07) is 0.715. The van der Waals surface area contributed by atoms with Gasteiger partial charge in [-0.25, -0.2) is 18.0 Å². The van der Waals surface area contributed by atoms with Crippen LogP contribution in [0.4, 0.5) is 29.3 Å². The first-order valence-corrected chi connectivity index (χ1v) is 8.71. The average Bonchev–Trinajstić information content (AvgIpc) is 3.04. The van der Waals surface area contributed by atoms with Crippen molar-refractivity contribution in [2.45, 2.75) is 25.9 Å². The van der Waals surface area contributed by atoms with Crippen LogP contribution in [0.1, 0.15) is 19.8 Å². The third kappa shape index (κ3) is 3.80. The van der Waals surface area contributed by atoms with Gasteiger partial charge in [0.15, 0.2) is 23.2 Å². The molecule has 1 aromatic rings. The predicted octanol–water partition coefficient (Wildman–Crippen LogP) is 2.25. The van der Waals surface area contributed by atoms with Crippen LogP contribution in [0, 0.1) is 17.5 Å². The van der Waals surface area contributed by atoms with Crippen molar-refractivity contribution < 1.29 is 32.3 Å². The molecule has 1 saturated heterocycles. The van der Waals surface area contributed by atoms with Gasteiger partial charge in [0, 0.05) is 31.7 Å². The highest BCUT2D eigenvalue weighted by molar-refractivity contribution is 5.92. The summed E-state index contributed by atoms with van der Waals surface area (Å²) in [5.41, 5.74) is -1.23. The summed E-state index contributed by atoms with van der Waals surface area (Å²) >= 11 is 0. The lowest BCUT2D eigenvalue weighted by molar-refractivity contribution is -0.121. The number of hydrogen-bond acceptors (Lipinski definition) is 5. The molecule has 0 radical (unpaired) electrons. The molecular formula is C18H18F3N3O4. The zero-order chi connectivity index (χ0) is 20.4. The normalized spacial score (nSPS) is 19.2. The maximum absolute atomic E-state index is 14.6. The first-order chi connectivity index (χ1) is 13.3. The molecule has 1 fully saturated rings. The van der Waals surface area contributed by atoms with Gasteiger partial charge < -0.3 is 15.0 Å². The number of halogens is 3. The Kier molecular flexibility index (Phi) is 5.57. The maximum Gasteiger partial charge on any atom is 0.414 e. The first-order valence-electron chi connectivity index (χ1n) is 8.71. The molecule has 2 aliphatic rings. The molecule has 28 heavy (non-hydrogen) atoms. The molecule has 0 saturated carbocycles. The summed E-state index contributed by atoms with van der Waals surface area (Å²) in [6.45, 7) is 1.49. The summed E-state index contributed by atoms with van der Waals surface area (Å²) in [6.07, 6.45) is 0.883. The van der Waals surface area contributed by atoms with Crippen molar-refractivity contribution in [3.63, 3.8) is 0 Å². The van der Waals surface area contributed by atoms with E-state index in [-0.39, 0.29) is 44.2 Å². The molecule has 2 aliphatic heterocycles. The van der Waals surface area contributed by atoms with Gasteiger partial charge in [-0.15, -0.1) is 0 Å². The Labute approximate surface area is 158 Å². The van der Waals surface area contributed by atoms with Crippen molar-refractivity contribution in [1.29, 1.82) is 0 Å². The number of amides is 2. The number of cyclic esters (lactones) is 1. The molecule has 2 amide bonds. The van der Waals surface area contributed by atoms with Gasteiger partial charge in [-0.3, -0.25) is 14.5 Å². The number of ketones is 1. The van der Waals surface area contributed by atoms with Crippen LogP contribution in [0.3, 0.4) is 0 Å². The third-order valence-electron chi connectivity index (χ3n) is 4.45. The van der Waals surface area contributed by atoms with Crippen molar-refractivity contribution in [1.82, 2.24) is 5.32 Å². The molecule has 1 atom stereocenters. The minimum Gasteiger partial charge on any atom is -0.442 e. The van der Waals surface area contributed by atoms with Crippen molar-refractivity contribution in [2.75, 3.05) is 29.4 Å². The van der Waals surface area contributed by atoms with Crippen molar-refractivity contribution >= 4 is 29.2 Å². The molecule has 0 spiro atoms. The number of benzene rings is 1. The smallest absolute Gasteiger partial charge is 0.414 e. The number of hydrogen-bond donors (Lipinski definition) is 1. The van der Waals surface area contributed by atoms with E-state index in [0.717, 1.165) is 15.9 Å². The van der Waals surface area contributed by atoms with Crippen molar-refractivity contribution in [3.8, 4) is 0 Å². The summed E-state index contributed by atoms with van der Waals surface area (Å²) in [4.78, 5) is 36.4. The Morgan fingerprint density at radius 3 is 2.68 bits per heavy atom. The van der Waals surface area contributed by atoms with E-state index >= 15 is 0 Å². The Balaban J connectivity index is 1.83. The second-order valence-electron chi connectivity index (χ2n) is 6.35. The highest BCUT2D eigenvalue weighted by atomic mass is 19.2. The molecule has 0 bridgehead atoms. The molecule has 150 valence electrons. The van der Waals surface area contributed by atoms with Gasteiger partial charge in [0.05, 0.1) is 18.8 Å². The highest BCUT2D eigenvalue weighted by Crippen LogP contribution is 2.35. The molecule has 1 N–H and O–H groups in total. The van der Waals surface area contributed by atoms with E-state index in [0.29, 0.717) is 6.07 Å². The minimum absolute atomic E-state index is 0.00613. The number of carbonyl (C=O) groups excluding carboxylic acids is 3. The lowest BCUT2D eigenvalue weighted by Crippen LogP contribution is -2.34. The van der Waals surface area contributed by atoms with Crippen LogP contribution in [0.25, 0.3) is 0 Å². The first kappa shape index (κ1) is 19.7. The molecule has 3 rings (SSSR count). The van der Waals surface area contributed by atoms with Gasteiger partial charge in [-0.2, -0.15) is 0 Å². The quantitative estimate of drug-likeness (QED) is 0.771. The number of anilines is 2. The lowest BCUT2D eigenvalue weighted by Gasteiger charge is -2.25. The lowest BCUT2D eigenvalue weighted by atomic mass is 10.1. The zero-order valence-electron chi connectivity index (χ0n) is 15.0. The molecule has 0 aliphatic carbocycles. The number of nitrogens with zero attached hydrogens (tertiary/aromatic N) is 2. The molecule has 2 heterocycles. The number of nitrogens with one attached hydrogen (secondary N) is 1. The fourth-order valence-electron chi connectivity index (χ4n) is 2.96. The second-order valence-corrected chi connectivity index (χ2v) is 6.35. The van der Waals surface area contributed by atoms with Crippen molar-refractivity contribution in [2.24, 2.45) is 0 Å². The van der Waals surface area contributed by atoms with Gasteiger partial charge in [-0.1, -0.05) is 6.92 Å². The monoisotopic (exact) mass is 397 g/mol. The van der Waals surface area contributed by atoms with E-state index in [1.165, 1.54) is 6.20 Å². The SMILES string of the molecule is CCC(=O)NC[C@H]1CN(c2cc(F)c(N3C=CC(=O)CC3)c(F)c2F)C(=O)O1. The number of ether oxygens (including phenoxy) is 1. The van der Waals surface area contributed by atoms with Crippen LogP contribution in [0.5, 0.6) is 0 Å².